The minimum Gasteiger partial charge on any atom is -0.297 e. The second kappa shape index (κ2) is 9.45. The van der Waals surface area contributed by atoms with E-state index in [4.69, 9.17) is 0 Å². The summed E-state index contributed by atoms with van der Waals surface area (Å²) in [4.78, 5) is 26.9. The van der Waals surface area contributed by atoms with Gasteiger partial charge in [-0.05, 0) is 87.9 Å². The van der Waals surface area contributed by atoms with Gasteiger partial charge in [-0.25, -0.2) is 0 Å². The molecule has 4 fully saturated rings. The topological polar surface area (TPSA) is 34.1 Å². The second-order valence-electron chi connectivity index (χ2n) is 11.7. The zero-order chi connectivity index (χ0) is 21.2. The van der Waals surface area contributed by atoms with Gasteiger partial charge in [0.1, 0.15) is 0 Å². The summed E-state index contributed by atoms with van der Waals surface area (Å²) < 4.78 is 0. The molecular formula is C28H46O2. The highest BCUT2D eigenvalue weighted by atomic mass is 16.2. The lowest BCUT2D eigenvalue weighted by Gasteiger charge is -2.57. The standard InChI is InChI=1S/C28H46O2/c1-3-5-6-8-22-13-17-27(18-14-22)25(29)28(26(27)30)19-15-24(16-20-28)23-11-9-21(7-4-2)10-12-23/h21-24H,3-20H2,1-2H3. The SMILES string of the molecule is CCCCCC1CCC2(CC1)C(=O)C1(CCC(C3CCC(CCC)CC3)CC1)C2=O. The summed E-state index contributed by atoms with van der Waals surface area (Å²) in [7, 11) is 0. The molecule has 0 bridgehead atoms. The Kier molecular flexibility index (Phi) is 7.10. The first-order chi connectivity index (χ1) is 14.6. The van der Waals surface area contributed by atoms with Crippen LogP contribution in [0, 0.1) is 34.5 Å². The maximum Gasteiger partial charge on any atom is 0.159 e. The first kappa shape index (κ1) is 22.5. The molecule has 4 rings (SSSR count). The number of carbonyl (C=O) groups excluding carboxylic acids is 2. The largest absolute Gasteiger partial charge is 0.297 e. The number of rotatable bonds is 7. The number of hydrogen-bond donors (Lipinski definition) is 0. The van der Waals surface area contributed by atoms with Crippen molar-refractivity contribution in [2.75, 3.05) is 0 Å². The summed E-state index contributed by atoms with van der Waals surface area (Å²) in [6, 6.07) is 0. The molecule has 170 valence electrons. The Morgan fingerprint density at radius 3 is 1.63 bits per heavy atom. The van der Waals surface area contributed by atoms with Gasteiger partial charge in [0.25, 0.3) is 0 Å². The third kappa shape index (κ3) is 3.95. The number of carbonyl (C=O) groups is 2. The Hall–Kier alpha value is -0.660. The molecule has 0 atom stereocenters. The third-order valence-electron chi connectivity index (χ3n) is 10.1. The van der Waals surface area contributed by atoms with E-state index in [2.05, 4.69) is 13.8 Å². The van der Waals surface area contributed by atoms with Crippen LogP contribution >= 0.6 is 0 Å². The number of hydrogen-bond acceptors (Lipinski definition) is 2. The zero-order valence-electron chi connectivity index (χ0n) is 19.9. The van der Waals surface area contributed by atoms with Crippen molar-refractivity contribution in [3.05, 3.63) is 0 Å². The lowest BCUT2D eigenvalue weighted by atomic mass is 9.42. The molecule has 0 radical (unpaired) electrons. The monoisotopic (exact) mass is 414 g/mol. The van der Waals surface area contributed by atoms with Crippen molar-refractivity contribution in [1.29, 1.82) is 0 Å². The highest BCUT2D eigenvalue weighted by Crippen LogP contribution is 2.62. The highest BCUT2D eigenvalue weighted by molar-refractivity contribution is 6.30. The van der Waals surface area contributed by atoms with Crippen molar-refractivity contribution in [2.24, 2.45) is 34.5 Å². The van der Waals surface area contributed by atoms with E-state index in [1.54, 1.807) is 0 Å². The van der Waals surface area contributed by atoms with Gasteiger partial charge >= 0.3 is 0 Å². The lowest BCUT2D eigenvalue weighted by molar-refractivity contribution is -0.179. The Labute approximate surface area is 185 Å². The molecule has 0 aromatic heterocycles. The molecule has 0 saturated heterocycles. The molecule has 2 nitrogen and oxygen atoms in total. The summed E-state index contributed by atoms with van der Waals surface area (Å²) in [6.45, 7) is 4.57. The maximum absolute atomic E-state index is 13.5. The van der Waals surface area contributed by atoms with Crippen LogP contribution in [0.3, 0.4) is 0 Å². The van der Waals surface area contributed by atoms with Gasteiger partial charge < -0.3 is 0 Å². The fourth-order valence-corrected chi connectivity index (χ4v) is 8.07. The van der Waals surface area contributed by atoms with Crippen LogP contribution in [0.15, 0.2) is 0 Å². The molecule has 0 N–H and O–H groups in total. The molecule has 2 spiro atoms. The number of unbranched alkanes of at least 4 members (excludes halogenated alkanes) is 2. The van der Waals surface area contributed by atoms with Crippen LogP contribution < -0.4 is 0 Å². The van der Waals surface area contributed by atoms with Crippen LogP contribution in [-0.2, 0) is 9.59 Å². The van der Waals surface area contributed by atoms with Gasteiger partial charge in [-0.3, -0.25) is 9.59 Å². The summed E-state index contributed by atoms with van der Waals surface area (Å²) in [5.41, 5.74) is -1.07. The third-order valence-corrected chi connectivity index (χ3v) is 10.1. The molecule has 0 unspecified atom stereocenters. The van der Waals surface area contributed by atoms with Crippen LogP contribution in [0.4, 0.5) is 0 Å². The molecule has 4 aliphatic carbocycles. The molecular weight excluding hydrogens is 368 g/mol. The Bertz CT molecular complexity index is 576. The lowest BCUT2D eigenvalue weighted by Crippen LogP contribution is -2.68. The van der Waals surface area contributed by atoms with Crippen molar-refractivity contribution < 1.29 is 9.59 Å². The van der Waals surface area contributed by atoms with Crippen molar-refractivity contribution >= 4 is 11.6 Å². The van der Waals surface area contributed by atoms with E-state index in [1.165, 1.54) is 64.2 Å². The average molecular weight is 415 g/mol. The van der Waals surface area contributed by atoms with E-state index in [9.17, 15) is 9.59 Å². The van der Waals surface area contributed by atoms with Gasteiger partial charge in [-0.2, -0.15) is 0 Å². The maximum atomic E-state index is 13.5. The van der Waals surface area contributed by atoms with E-state index in [1.807, 2.05) is 0 Å². The van der Waals surface area contributed by atoms with Crippen LogP contribution in [0.5, 0.6) is 0 Å². The average Bonchev–Trinajstić information content (AvgIpc) is 2.80. The van der Waals surface area contributed by atoms with E-state index in [0.717, 1.165) is 75.0 Å². The predicted octanol–water partition coefficient (Wildman–Crippen LogP) is 7.68. The molecule has 2 heteroatoms. The normalized spacial score (nSPS) is 41.9. The van der Waals surface area contributed by atoms with Crippen molar-refractivity contribution in [1.82, 2.24) is 0 Å². The van der Waals surface area contributed by atoms with Crippen LogP contribution in [-0.4, -0.2) is 11.6 Å². The summed E-state index contributed by atoms with van der Waals surface area (Å²) in [5, 5.41) is 0. The fraction of sp³-hybridized carbons (Fsp3) is 0.929. The van der Waals surface area contributed by atoms with E-state index in [-0.39, 0.29) is 0 Å². The molecule has 4 aliphatic rings. The molecule has 0 amide bonds. The zero-order valence-corrected chi connectivity index (χ0v) is 19.9. The first-order valence-electron chi connectivity index (χ1n) is 13.7. The van der Waals surface area contributed by atoms with Gasteiger partial charge in [-0.15, -0.1) is 0 Å². The Balaban J connectivity index is 1.27. The van der Waals surface area contributed by atoms with Crippen LogP contribution in [0.1, 0.15) is 129 Å². The van der Waals surface area contributed by atoms with Gasteiger partial charge in [-0.1, -0.05) is 65.2 Å². The van der Waals surface area contributed by atoms with Crippen molar-refractivity contribution in [3.63, 3.8) is 0 Å². The minimum atomic E-state index is -0.537. The van der Waals surface area contributed by atoms with E-state index >= 15 is 0 Å². The molecule has 30 heavy (non-hydrogen) atoms. The van der Waals surface area contributed by atoms with E-state index in [0.29, 0.717) is 11.6 Å². The molecule has 0 aromatic carbocycles. The van der Waals surface area contributed by atoms with Crippen molar-refractivity contribution in [2.45, 2.75) is 129 Å². The van der Waals surface area contributed by atoms with Crippen molar-refractivity contribution in [3.8, 4) is 0 Å². The summed E-state index contributed by atoms with van der Waals surface area (Å²) in [5.74, 6) is 4.15. The van der Waals surface area contributed by atoms with Crippen LogP contribution in [0.25, 0.3) is 0 Å². The number of ketones is 2. The molecule has 0 heterocycles. The fourth-order valence-electron chi connectivity index (χ4n) is 8.07. The second-order valence-corrected chi connectivity index (χ2v) is 11.7. The predicted molar refractivity (Wildman–Crippen MR) is 123 cm³/mol. The Morgan fingerprint density at radius 2 is 1.10 bits per heavy atom. The van der Waals surface area contributed by atoms with E-state index < -0.39 is 10.8 Å². The molecule has 0 aromatic rings. The van der Waals surface area contributed by atoms with Crippen LogP contribution in [0.2, 0.25) is 0 Å². The first-order valence-corrected chi connectivity index (χ1v) is 13.7. The van der Waals surface area contributed by atoms with Gasteiger partial charge in [0.2, 0.25) is 0 Å². The number of Topliss-reactive ketones (excluding diaryl/α,β-unsaturated/α-hetero) is 2. The smallest absolute Gasteiger partial charge is 0.159 e. The quantitative estimate of drug-likeness (QED) is 0.316. The summed E-state index contributed by atoms with van der Waals surface area (Å²) >= 11 is 0. The van der Waals surface area contributed by atoms with Gasteiger partial charge in [0.05, 0.1) is 10.8 Å². The summed E-state index contributed by atoms with van der Waals surface area (Å²) in [6.07, 6.45) is 21.6. The van der Waals surface area contributed by atoms with Gasteiger partial charge in [0, 0.05) is 0 Å². The highest BCUT2D eigenvalue weighted by Gasteiger charge is 2.70. The molecule has 0 aliphatic heterocycles. The Morgan fingerprint density at radius 1 is 0.600 bits per heavy atom. The molecule has 4 saturated carbocycles. The van der Waals surface area contributed by atoms with Gasteiger partial charge in [0.15, 0.2) is 11.6 Å². The minimum absolute atomic E-state index is 0.386.